The third kappa shape index (κ3) is 5.61. The highest BCUT2D eigenvalue weighted by molar-refractivity contribution is 5.85. The zero-order chi connectivity index (χ0) is 25.9. The third-order valence-electron chi connectivity index (χ3n) is 6.67. The van der Waals surface area contributed by atoms with Crippen molar-refractivity contribution in [2.45, 2.75) is 20.0 Å². The van der Waals surface area contributed by atoms with E-state index in [-0.39, 0.29) is 12.4 Å². The predicted molar refractivity (Wildman–Crippen MR) is 150 cm³/mol. The van der Waals surface area contributed by atoms with Crippen LogP contribution in [-0.4, -0.2) is 60.8 Å². The van der Waals surface area contributed by atoms with Gasteiger partial charge in [0.1, 0.15) is 12.2 Å². The van der Waals surface area contributed by atoms with Crippen molar-refractivity contribution in [2.24, 2.45) is 0 Å². The number of imidazole rings is 1. The molecule has 0 atom stereocenters. The molecule has 0 spiro atoms. The fourth-order valence-corrected chi connectivity index (χ4v) is 4.73. The van der Waals surface area contributed by atoms with E-state index in [0.717, 1.165) is 64.2 Å². The number of aryl methyl sites for hydroxylation is 1. The molecule has 39 heavy (non-hydrogen) atoms. The number of nitrogens with zero attached hydrogens (tertiary/aromatic N) is 7. The Morgan fingerprint density at radius 1 is 1.08 bits per heavy atom. The minimum absolute atomic E-state index is 0. The smallest absolute Gasteiger partial charge is 0.155 e. The number of ether oxygens (including phenoxy) is 1. The molecule has 11 heteroatoms. The highest BCUT2D eigenvalue weighted by atomic mass is 35.5. The van der Waals surface area contributed by atoms with Crippen LogP contribution >= 0.6 is 12.4 Å². The molecule has 0 amide bonds. The number of benzene rings is 1. The lowest BCUT2D eigenvalue weighted by molar-refractivity contribution is 0.0342. The summed E-state index contributed by atoms with van der Waals surface area (Å²) in [4.78, 5) is 19.8. The fraction of sp³-hybridized carbons (Fsp3) is 0.250. The molecule has 5 aromatic rings. The summed E-state index contributed by atoms with van der Waals surface area (Å²) in [5.74, 6) is 0.761. The molecule has 10 nitrogen and oxygen atoms in total. The summed E-state index contributed by atoms with van der Waals surface area (Å²) in [5.41, 5.74) is 7.63. The van der Waals surface area contributed by atoms with E-state index in [1.54, 1.807) is 4.52 Å². The van der Waals surface area contributed by atoms with Crippen molar-refractivity contribution in [3.8, 4) is 28.7 Å². The predicted octanol–water partition coefficient (Wildman–Crippen LogP) is 4.23. The largest absolute Gasteiger partial charge is 0.379 e. The van der Waals surface area contributed by atoms with Gasteiger partial charge in [0.25, 0.3) is 0 Å². The lowest BCUT2D eigenvalue weighted by atomic mass is 10.1. The van der Waals surface area contributed by atoms with Gasteiger partial charge in [0.2, 0.25) is 0 Å². The molecular formula is C28H28ClN9O. The van der Waals surface area contributed by atoms with Crippen molar-refractivity contribution in [3.05, 3.63) is 83.7 Å². The second-order valence-electron chi connectivity index (χ2n) is 9.24. The summed E-state index contributed by atoms with van der Waals surface area (Å²) in [6.45, 7) is 6.24. The van der Waals surface area contributed by atoms with E-state index < -0.39 is 0 Å². The summed E-state index contributed by atoms with van der Waals surface area (Å²) in [5, 5.41) is 17.6. The Labute approximate surface area is 232 Å². The Hall–Kier alpha value is -4.30. The molecule has 0 aliphatic carbocycles. The van der Waals surface area contributed by atoms with Crippen molar-refractivity contribution >= 4 is 23.7 Å². The van der Waals surface area contributed by atoms with Gasteiger partial charge in [-0.1, -0.05) is 12.1 Å². The molecule has 1 aliphatic rings. The molecular weight excluding hydrogens is 514 g/mol. The van der Waals surface area contributed by atoms with Crippen molar-refractivity contribution in [1.29, 1.82) is 5.26 Å². The Morgan fingerprint density at radius 3 is 2.74 bits per heavy atom. The molecule has 1 saturated heterocycles. The van der Waals surface area contributed by atoms with Crippen molar-refractivity contribution in [2.75, 3.05) is 31.6 Å². The van der Waals surface area contributed by atoms with Gasteiger partial charge in [-0.3, -0.25) is 9.88 Å². The monoisotopic (exact) mass is 541 g/mol. The topological polar surface area (TPSA) is 120 Å². The molecule has 0 saturated carbocycles. The van der Waals surface area contributed by atoms with Gasteiger partial charge in [-0.15, -0.1) is 12.4 Å². The summed E-state index contributed by atoms with van der Waals surface area (Å²) >= 11 is 0. The molecule has 6 rings (SSSR count). The summed E-state index contributed by atoms with van der Waals surface area (Å²) in [7, 11) is 0. The first kappa shape index (κ1) is 26.3. The van der Waals surface area contributed by atoms with E-state index in [9.17, 15) is 5.26 Å². The number of anilines is 1. The van der Waals surface area contributed by atoms with Crippen LogP contribution < -0.4 is 5.32 Å². The van der Waals surface area contributed by atoms with E-state index in [4.69, 9.17) is 14.7 Å². The van der Waals surface area contributed by atoms with Crippen molar-refractivity contribution in [1.82, 2.24) is 34.4 Å². The van der Waals surface area contributed by atoms with Crippen LogP contribution in [0.25, 0.3) is 28.3 Å². The second kappa shape index (κ2) is 11.6. The molecule has 1 aromatic carbocycles. The van der Waals surface area contributed by atoms with Crippen LogP contribution in [0.1, 0.15) is 22.6 Å². The molecule has 2 N–H and O–H groups in total. The number of aromatic nitrogens is 6. The minimum atomic E-state index is 0. The zero-order valence-corrected chi connectivity index (χ0v) is 22.3. The Balaban J connectivity index is 0.00000308. The number of hydrogen-bond acceptors (Lipinski definition) is 8. The van der Waals surface area contributed by atoms with Crippen LogP contribution in [0.2, 0.25) is 0 Å². The van der Waals surface area contributed by atoms with Gasteiger partial charge in [-0.2, -0.15) is 10.4 Å². The van der Waals surface area contributed by atoms with E-state index in [0.29, 0.717) is 31.9 Å². The average Bonchev–Trinajstić information content (AvgIpc) is 3.60. The number of pyridine rings is 2. The Bertz CT molecular complexity index is 1630. The fourth-order valence-electron chi connectivity index (χ4n) is 4.73. The van der Waals surface area contributed by atoms with Crippen LogP contribution in [0, 0.1) is 18.3 Å². The number of morpholine rings is 1. The number of nitrogens with one attached hydrogen (secondary N) is 2. The maximum atomic E-state index is 9.77. The van der Waals surface area contributed by atoms with Gasteiger partial charge < -0.3 is 15.0 Å². The van der Waals surface area contributed by atoms with Gasteiger partial charge in [0.15, 0.2) is 5.65 Å². The maximum Gasteiger partial charge on any atom is 0.155 e. The lowest BCUT2D eigenvalue weighted by Gasteiger charge is -2.27. The number of halogens is 1. The molecule has 0 bridgehead atoms. The Kier molecular flexibility index (Phi) is 7.84. The van der Waals surface area contributed by atoms with Crippen molar-refractivity contribution < 1.29 is 4.74 Å². The minimum Gasteiger partial charge on any atom is -0.379 e. The maximum absolute atomic E-state index is 9.77. The molecule has 0 radical (unpaired) electrons. The normalized spacial score (nSPS) is 13.6. The molecule has 1 aliphatic heterocycles. The van der Waals surface area contributed by atoms with E-state index in [2.05, 4.69) is 31.4 Å². The summed E-state index contributed by atoms with van der Waals surface area (Å²) in [6.07, 6.45) is 3.46. The van der Waals surface area contributed by atoms with Gasteiger partial charge in [-0.05, 0) is 43.3 Å². The number of H-pyrrole nitrogens is 1. The van der Waals surface area contributed by atoms with Crippen LogP contribution in [-0.2, 0) is 17.8 Å². The molecule has 0 unspecified atom stereocenters. The first-order chi connectivity index (χ1) is 18.7. The summed E-state index contributed by atoms with van der Waals surface area (Å²) in [6, 6.07) is 18.0. The van der Waals surface area contributed by atoms with Gasteiger partial charge >= 0.3 is 0 Å². The highest BCUT2D eigenvalue weighted by Crippen LogP contribution is 2.30. The van der Waals surface area contributed by atoms with E-state index in [1.807, 2.05) is 61.7 Å². The molecule has 4 aromatic heterocycles. The molecule has 198 valence electrons. The van der Waals surface area contributed by atoms with E-state index >= 15 is 0 Å². The van der Waals surface area contributed by atoms with Crippen LogP contribution in [0.4, 0.5) is 5.69 Å². The van der Waals surface area contributed by atoms with Gasteiger partial charge in [0.05, 0.1) is 48.5 Å². The first-order valence-electron chi connectivity index (χ1n) is 12.6. The van der Waals surface area contributed by atoms with Crippen LogP contribution in [0.3, 0.4) is 0 Å². The zero-order valence-electron chi connectivity index (χ0n) is 21.5. The van der Waals surface area contributed by atoms with E-state index in [1.165, 1.54) is 6.33 Å². The third-order valence-corrected chi connectivity index (χ3v) is 6.67. The number of fused-ring (bicyclic) bond motifs is 1. The van der Waals surface area contributed by atoms with Crippen LogP contribution in [0.15, 0.2) is 61.1 Å². The van der Waals surface area contributed by atoms with Crippen LogP contribution in [0.5, 0.6) is 0 Å². The van der Waals surface area contributed by atoms with Gasteiger partial charge in [-0.25, -0.2) is 14.5 Å². The average molecular weight is 542 g/mol. The standard InChI is InChI=1S/C28H27N9O.ClH/c1-19-4-2-7-24(33-19)28-27(21-8-9-26-31-18-32-37(26)16-21)34-25(35-28)15-30-23-6-3-5-20(14-29)22(23)17-36-10-12-38-13-11-36;/h2-9,16,18,30H,10-13,15,17H2,1H3,(H,34,35);1H. The summed E-state index contributed by atoms with van der Waals surface area (Å²) < 4.78 is 7.23. The Morgan fingerprint density at radius 2 is 1.92 bits per heavy atom. The number of rotatable bonds is 7. The molecule has 1 fully saturated rings. The molecule has 5 heterocycles. The highest BCUT2D eigenvalue weighted by Gasteiger charge is 2.19. The quantitative estimate of drug-likeness (QED) is 0.314. The number of nitriles is 1. The van der Waals surface area contributed by atoms with Gasteiger partial charge in [0, 0.05) is 48.3 Å². The number of aromatic amines is 1. The lowest BCUT2D eigenvalue weighted by Crippen LogP contribution is -2.36. The first-order valence-corrected chi connectivity index (χ1v) is 12.6. The number of hydrogen-bond donors (Lipinski definition) is 2. The SMILES string of the molecule is Cc1cccc(-c2[nH]c(CNc3cccc(C#N)c3CN3CCOCC3)nc2-c2ccc3ncnn3c2)n1.Cl. The van der Waals surface area contributed by atoms with Crippen molar-refractivity contribution in [3.63, 3.8) is 0 Å². The second-order valence-corrected chi connectivity index (χ2v) is 9.24.